The highest BCUT2D eigenvalue weighted by Crippen LogP contribution is 2.13. The molecule has 0 bridgehead atoms. The molecule has 2 rings (SSSR count). The molecule has 0 radical (unpaired) electrons. The van der Waals surface area contributed by atoms with Gasteiger partial charge in [0.05, 0.1) is 6.54 Å². The number of guanidine groups is 1. The highest BCUT2D eigenvalue weighted by atomic mass is 127. The number of thiazole rings is 1. The number of pyridine rings is 1. The second-order valence-corrected chi connectivity index (χ2v) is 6.83. The molecule has 0 saturated heterocycles. The first-order valence-corrected chi connectivity index (χ1v) is 9.65. The van der Waals surface area contributed by atoms with Crippen LogP contribution in [0.3, 0.4) is 0 Å². The normalized spacial score (nSPS) is 11.1. The van der Waals surface area contributed by atoms with Gasteiger partial charge in [-0.15, -0.1) is 35.3 Å². The molecule has 6 nitrogen and oxygen atoms in total. The molecule has 0 unspecified atom stereocenters. The number of hydrogen-bond acceptors (Lipinski definition) is 4. The smallest absolute Gasteiger partial charge is 0.250 e. The minimum atomic E-state index is 0. The third-order valence-electron chi connectivity index (χ3n) is 3.68. The van der Waals surface area contributed by atoms with Crippen molar-refractivity contribution < 1.29 is 0 Å². The molecule has 0 amide bonds. The first-order valence-electron chi connectivity index (χ1n) is 8.84. The average Bonchev–Trinajstić information content (AvgIpc) is 3.09. The Labute approximate surface area is 176 Å². The number of rotatable bonds is 9. The Morgan fingerprint density at radius 2 is 2.12 bits per heavy atom. The van der Waals surface area contributed by atoms with Gasteiger partial charge >= 0.3 is 0 Å². The molecular weight excluding hydrogens is 461 g/mol. The van der Waals surface area contributed by atoms with Crippen molar-refractivity contribution in [1.82, 2.24) is 20.2 Å². The van der Waals surface area contributed by atoms with Crippen molar-refractivity contribution in [3.63, 3.8) is 0 Å². The zero-order valence-electron chi connectivity index (χ0n) is 15.4. The minimum absolute atomic E-state index is 0. The van der Waals surface area contributed by atoms with Crippen LogP contribution < -0.4 is 16.2 Å². The largest absolute Gasteiger partial charge is 0.357 e. The summed E-state index contributed by atoms with van der Waals surface area (Å²) in [6, 6.07) is 5.25. The molecule has 0 aliphatic rings. The fourth-order valence-electron chi connectivity index (χ4n) is 2.33. The first-order chi connectivity index (χ1) is 12.2. The van der Waals surface area contributed by atoms with Crippen molar-refractivity contribution in [2.75, 3.05) is 13.1 Å². The van der Waals surface area contributed by atoms with Crippen LogP contribution in [0.5, 0.6) is 0 Å². The van der Waals surface area contributed by atoms with Crippen molar-refractivity contribution in [1.29, 1.82) is 0 Å². The summed E-state index contributed by atoms with van der Waals surface area (Å²) in [5, 5.41) is 7.63. The van der Waals surface area contributed by atoms with E-state index in [9.17, 15) is 4.79 Å². The Morgan fingerprint density at radius 3 is 2.81 bits per heavy atom. The minimum Gasteiger partial charge on any atom is -0.357 e. The molecule has 0 fully saturated rings. The lowest BCUT2D eigenvalue weighted by atomic mass is 10.3. The zero-order chi connectivity index (χ0) is 17.9. The van der Waals surface area contributed by atoms with Crippen molar-refractivity contribution in [3.05, 3.63) is 50.8 Å². The number of nitrogens with one attached hydrogen (secondary N) is 2. The van der Waals surface area contributed by atoms with Gasteiger partial charge in [0.2, 0.25) is 5.56 Å². The molecule has 8 heteroatoms. The Hall–Kier alpha value is -1.42. The van der Waals surface area contributed by atoms with E-state index in [4.69, 9.17) is 0 Å². The summed E-state index contributed by atoms with van der Waals surface area (Å²) >= 11 is 1.72. The number of hydrogen-bond donors (Lipinski definition) is 2. The van der Waals surface area contributed by atoms with E-state index in [0.29, 0.717) is 6.54 Å². The predicted molar refractivity (Wildman–Crippen MR) is 120 cm³/mol. The van der Waals surface area contributed by atoms with E-state index in [1.54, 1.807) is 28.0 Å². The maximum absolute atomic E-state index is 11.6. The highest BCUT2D eigenvalue weighted by molar-refractivity contribution is 14.0. The molecule has 0 aliphatic heterocycles. The van der Waals surface area contributed by atoms with Gasteiger partial charge < -0.3 is 15.2 Å². The second-order valence-electron chi connectivity index (χ2n) is 5.64. The quantitative estimate of drug-likeness (QED) is 0.246. The van der Waals surface area contributed by atoms with Gasteiger partial charge in [0.15, 0.2) is 5.96 Å². The van der Waals surface area contributed by atoms with Gasteiger partial charge in [-0.1, -0.05) is 13.0 Å². The summed E-state index contributed by atoms with van der Waals surface area (Å²) in [5.41, 5.74) is 0.0558. The van der Waals surface area contributed by atoms with Crippen LogP contribution in [0.1, 0.15) is 36.6 Å². The van der Waals surface area contributed by atoms with Gasteiger partial charge in [-0.3, -0.25) is 4.79 Å². The van der Waals surface area contributed by atoms with Crippen LogP contribution in [-0.2, 0) is 19.5 Å². The fourth-order valence-corrected chi connectivity index (χ4v) is 3.12. The van der Waals surface area contributed by atoms with E-state index in [-0.39, 0.29) is 29.5 Å². The van der Waals surface area contributed by atoms with E-state index in [0.717, 1.165) is 49.9 Å². The third-order valence-corrected chi connectivity index (χ3v) is 4.81. The van der Waals surface area contributed by atoms with Crippen LogP contribution >= 0.6 is 35.3 Å². The molecule has 0 saturated carbocycles. The van der Waals surface area contributed by atoms with Gasteiger partial charge in [-0.05, 0) is 32.3 Å². The third kappa shape index (κ3) is 7.86. The Bertz CT molecular complexity index is 728. The lowest BCUT2D eigenvalue weighted by molar-refractivity contribution is 0.585. The van der Waals surface area contributed by atoms with Gasteiger partial charge in [-0.2, -0.15) is 0 Å². The van der Waals surface area contributed by atoms with Gasteiger partial charge in [0.25, 0.3) is 0 Å². The predicted octanol–water partition coefficient (Wildman–Crippen LogP) is 3.02. The highest BCUT2D eigenvalue weighted by Gasteiger charge is 2.02. The van der Waals surface area contributed by atoms with E-state index in [2.05, 4.69) is 34.5 Å². The molecule has 2 aromatic heterocycles. The van der Waals surface area contributed by atoms with Crippen LogP contribution in [0.15, 0.2) is 40.4 Å². The fraction of sp³-hybridized carbons (Fsp3) is 0.500. The van der Waals surface area contributed by atoms with Crippen molar-refractivity contribution in [3.8, 4) is 0 Å². The molecule has 2 N–H and O–H groups in total. The number of halogens is 1. The first kappa shape index (κ1) is 22.6. The molecule has 144 valence electrons. The van der Waals surface area contributed by atoms with Crippen LogP contribution in [0.25, 0.3) is 0 Å². The van der Waals surface area contributed by atoms with Gasteiger partial charge in [0.1, 0.15) is 5.01 Å². The van der Waals surface area contributed by atoms with Crippen LogP contribution in [0.4, 0.5) is 0 Å². The van der Waals surface area contributed by atoms with Gasteiger partial charge in [-0.25, -0.2) is 9.98 Å². The lowest BCUT2D eigenvalue weighted by Crippen LogP contribution is -2.37. The lowest BCUT2D eigenvalue weighted by Gasteiger charge is -2.11. The number of unbranched alkanes of at least 4 members (excludes halogenated alkanes) is 1. The number of aryl methyl sites for hydroxylation is 2. The van der Waals surface area contributed by atoms with Gasteiger partial charge in [0, 0.05) is 43.0 Å². The number of aliphatic imine (C=N–C) groups is 1. The molecule has 0 atom stereocenters. The molecule has 2 heterocycles. The average molecular weight is 489 g/mol. The molecule has 2 aromatic rings. The SMILES string of the molecule is CCNC(=NCc1ncc(CC)s1)NCCCCn1ccccc1=O.I. The van der Waals surface area contributed by atoms with E-state index >= 15 is 0 Å². The molecule has 26 heavy (non-hydrogen) atoms. The van der Waals surface area contributed by atoms with E-state index in [1.165, 1.54) is 4.88 Å². The zero-order valence-corrected chi connectivity index (χ0v) is 18.5. The van der Waals surface area contributed by atoms with Crippen molar-refractivity contribution in [2.45, 2.75) is 46.2 Å². The maximum Gasteiger partial charge on any atom is 0.250 e. The van der Waals surface area contributed by atoms with E-state index < -0.39 is 0 Å². The monoisotopic (exact) mass is 489 g/mol. The summed E-state index contributed by atoms with van der Waals surface area (Å²) in [4.78, 5) is 21.9. The maximum atomic E-state index is 11.6. The summed E-state index contributed by atoms with van der Waals surface area (Å²) in [7, 11) is 0. The number of aromatic nitrogens is 2. The van der Waals surface area contributed by atoms with E-state index in [1.807, 2.05) is 18.5 Å². The summed E-state index contributed by atoms with van der Waals surface area (Å²) in [5.74, 6) is 0.813. The standard InChI is InChI=1S/C18H27N5OS.HI/c1-3-15-13-21-16(25-15)14-22-18(19-4-2)20-10-6-8-12-23-11-7-5-9-17(23)24;/h5,7,9,11,13H,3-4,6,8,10,12,14H2,1-2H3,(H2,19,20,22);1H. The molecule has 0 spiro atoms. The van der Waals surface area contributed by atoms with Crippen LogP contribution in [0.2, 0.25) is 0 Å². The molecule has 0 aromatic carbocycles. The summed E-state index contributed by atoms with van der Waals surface area (Å²) in [6.07, 6.45) is 6.71. The van der Waals surface area contributed by atoms with Crippen molar-refractivity contribution in [2.24, 2.45) is 4.99 Å². The molecule has 0 aliphatic carbocycles. The Morgan fingerprint density at radius 1 is 1.27 bits per heavy atom. The summed E-state index contributed by atoms with van der Waals surface area (Å²) < 4.78 is 1.74. The topological polar surface area (TPSA) is 71.3 Å². The van der Waals surface area contributed by atoms with Crippen LogP contribution in [0, 0.1) is 0 Å². The number of nitrogens with zero attached hydrogens (tertiary/aromatic N) is 3. The second kappa shape index (κ2) is 12.9. The molecular formula is C18H28IN5OS. The summed E-state index contributed by atoms with van der Waals surface area (Å²) in [6.45, 7) is 7.18. The Balaban J connectivity index is 0.00000338. The van der Waals surface area contributed by atoms with Crippen molar-refractivity contribution >= 4 is 41.3 Å². The van der Waals surface area contributed by atoms with Crippen LogP contribution in [-0.4, -0.2) is 28.6 Å². The Kier molecular flexibility index (Phi) is 11.2.